The van der Waals surface area contributed by atoms with E-state index in [1.807, 2.05) is 0 Å². The third kappa shape index (κ3) is 4.37. The van der Waals surface area contributed by atoms with Crippen LogP contribution in [0.5, 0.6) is 5.75 Å². The van der Waals surface area contributed by atoms with Gasteiger partial charge in [-0.15, -0.1) is 0 Å². The summed E-state index contributed by atoms with van der Waals surface area (Å²) in [7, 11) is -2.78. The van der Waals surface area contributed by atoms with Crippen molar-refractivity contribution < 1.29 is 26.3 Å². The summed E-state index contributed by atoms with van der Waals surface area (Å²) in [6.45, 7) is 1.11. The van der Waals surface area contributed by atoms with Gasteiger partial charge in [0, 0.05) is 11.6 Å². The Hall–Kier alpha value is -3.00. The predicted molar refractivity (Wildman–Crippen MR) is 104 cm³/mol. The molecular weight excluding hydrogens is 403 g/mol. The van der Waals surface area contributed by atoms with E-state index >= 15 is 0 Å². The zero-order valence-corrected chi connectivity index (χ0v) is 16.5. The second-order valence-corrected chi connectivity index (χ2v) is 8.22. The fourth-order valence-corrected chi connectivity index (χ4v) is 4.18. The van der Waals surface area contributed by atoms with Gasteiger partial charge in [0.1, 0.15) is 23.2 Å². The molecule has 0 saturated heterocycles. The molecule has 3 aromatic rings. The van der Waals surface area contributed by atoms with Gasteiger partial charge in [-0.1, -0.05) is 12.1 Å². The van der Waals surface area contributed by atoms with E-state index in [9.17, 15) is 21.6 Å². The normalized spacial score (nSPS) is 11.3. The van der Waals surface area contributed by atoms with Gasteiger partial charge < -0.3 is 4.74 Å². The van der Waals surface area contributed by atoms with Crippen molar-refractivity contribution in [3.63, 3.8) is 0 Å². The Bertz CT molecular complexity index is 1130. The van der Waals surface area contributed by atoms with Crippen molar-refractivity contribution in [2.45, 2.75) is 18.4 Å². The molecule has 0 aliphatic heterocycles. The molecule has 0 aliphatic carbocycles. The van der Waals surface area contributed by atoms with Crippen molar-refractivity contribution in [2.24, 2.45) is 0 Å². The second-order valence-electron chi connectivity index (χ2n) is 6.36. The van der Waals surface area contributed by atoms with Gasteiger partial charge in [0.15, 0.2) is 0 Å². The Labute approximate surface area is 167 Å². The van der Waals surface area contributed by atoms with Crippen LogP contribution in [0.4, 0.5) is 18.9 Å². The molecule has 0 aliphatic rings. The van der Waals surface area contributed by atoms with Gasteiger partial charge in [-0.3, -0.25) is 4.31 Å². The number of ether oxygens (including phenoxy) is 1. The number of nitrogens with zero attached hydrogens (tertiary/aromatic N) is 1. The minimum absolute atomic E-state index is 0.0293. The number of hydrogen-bond donors (Lipinski definition) is 0. The van der Waals surface area contributed by atoms with E-state index in [-0.39, 0.29) is 16.1 Å². The van der Waals surface area contributed by atoms with Gasteiger partial charge in [-0.2, -0.15) is 0 Å². The van der Waals surface area contributed by atoms with Crippen molar-refractivity contribution >= 4 is 15.7 Å². The van der Waals surface area contributed by atoms with Gasteiger partial charge in [-0.05, 0) is 55.0 Å². The number of benzene rings is 3. The van der Waals surface area contributed by atoms with Gasteiger partial charge in [0.2, 0.25) is 0 Å². The van der Waals surface area contributed by atoms with Crippen LogP contribution in [-0.4, -0.2) is 15.5 Å². The zero-order valence-electron chi connectivity index (χ0n) is 15.7. The lowest BCUT2D eigenvalue weighted by molar-refractivity contribution is 0.415. The van der Waals surface area contributed by atoms with Crippen molar-refractivity contribution in [1.82, 2.24) is 0 Å². The van der Waals surface area contributed by atoms with Crippen LogP contribution in [-0.2, 0) is 16.6 Å². The smallest absolute Gasteiger partial charge is 0.264 e. The Morgan fingerprint density at radius 3 is 2.17 bits per heavy atom. The van der Waals surface area contributed by atoms with Crippen LogP contribution < -0.4 is 9.04 Å². The van der Waals surface area contributed by atoms with Crippen LogP contribution >= 0.6 is 0 Å². The zero-order chi connectivity index (χ0) is 21.2. The molecule has 0 fully saturated rings. The van der Waals surface area contributed by atoms with Crippen LogP contribution in [0.1, 0.15) is 11.1 Å². The lowest BCUT2D eigenvalue weighted by Crippen LogP contribution is -2.31. The van der Waals surface area contributed by atoms with Crippen LogP contribution in [0, 0.1) is 24.4 Å². The highest BCUT2D eigenvalue weighted by Gasteiger charge is 2.27. The Morgan fingerprint density at radius 1 is 0.897 bits per heavy atom. The molecule has 0 atom stereocenters. The highest BCUT2D eigenvalue weighted by Crippen LogP contribution is 2.29. The van der Waals surface area contributed by atoms with Crippen molar-refractivity contribution in [3.05, 3.63) is 89.2 Å². The largest absolute Gasteiger partial charge is 0.497 e. The summed E-state index contributed by atoms with van der Waals surface area (Å²) in [5, 5.41) is 0. The van der Waals surface area contributed by atoms with Crippen molar-refractivity contribution in [2.75, 3.05) is 11.4 Å². The Morgan fingerprint density at radius 2 is 1.59 bits per heavy atom. The number of sulfonamides is 1. The molecule has 0 N–H and O–H groups in total. The number of rotatable bonds is 6. The predicted octanol–water partition coefficient (Wildman–Crippen LogP) is 4.82. The molecule has 3 rings (SSSR count). The molecule has 0 bridgehead atoms. The molecule has 3 aromatic carbocycles. The summed E-state index contributed by atoms with van der Waals surface area (Å²) in [5.74, 6) is -1.83. The number of hydrogen-bond acceptors (Lipinski definition) is 3. The SMILES string of the molecule is COc1ccc(N(Cc2ccc(F)cc2F)S(=O)(=O)c2ccc(C)c(F)c2)cc1. The lowest BCUT2D eigenvalue weighted by atomic mass is 10.2. The van der Waals surface area contributed by atoms with Gasteiger partial charge in [0.25, 0.3) is 10.0 Å². The third-order valence-corrected chi connectivity index (χ3v) is 6.19. The lowest BCUT2D eigenvalue weighted by Gasteiger charge is -2.25. The van der Waals surface area contributed by atoms with Crippen LogP contribution in [0.25, 0.3) is 0 Å². The second kappa shape index (κ2) is 8.16. The summed E-state index contributed by atoms with van der Waals surface area (Å²) in [4.78, 5) is -0.279. The Balaban J connectivity index is 2.11. The monoisotopic (exact) mass is 421 g/mol. The quantitative estimate of drug-likeness (QED) is 0.574. The molecule has 4 nitrogen and oxygen atoms in total. The molecule has 0 heterocycles. The van der Waals surface area contributed by atoms with E-state index in [0.29, 0.717) is 17.4 Å². The van der Waals surface area contributed by atoms with Gasteiger partial charge in [-0.25, -0.2) is 21.6 Å². The number of methoxy groups -OCH3 is 1. The average molecular weight is 421 g/mol. The summed E-state index contributed by atoms with van der Waals surface area (Å²) in [6.07, 6.45) is 0. The minimum Gasteiger partial charge on any atom is -0.497 e. The van der Waals surface area contributed by atoms with Crippen LogP contribution in [0.15, 0.2) is 65.6 Å². The third-order valence-electron chi connectivity index (χ3n) is 4.42. The highest BCUT2D eigenvalue weighted by molar-refractivity contribution is 7.92. The maximum atomic E-state index is 14.2. The van der Waals surface area contributed by atoms with E-state index in [0.717, 1.165) is 16.4 Å². The number of aryl methyl sites for hydroxylation is 1. The number of halogens is 3. The summed E-state index contributed by atoms with van der Waals surface area (Å²) < 4.78 is 74.0. The van der Waals surface area contributed by atoms with E-state index < -0.39 is 34.0 Å². The highest BCUT2D eigenvalue weighted by atomic mass is 32.2. The van der Waals surface area contributed by atoms with E-state index in [1.165, 1.54) is 44.4 Å². The topological polar surface area (TPSA) is 46.6 Å². The van der Waals surface area contributed by atoms with E-state index in [4.69, 9.17) is 4.74 Å². The minimum atomic E-state index is -4.25. The number of anilines is 1. The molecular formula is C21H18F3NO3S. The summed E-state index contributed by atoms with van der Waals surface area (Å²) >= 11 is 0. The molecule has 8 heteroatoms. The maximum Gasteiger partial charge on any atom is 0.264 e. The van der Waals surface area contributed by atoms with E-state index in [2.05, 4.69) is 0 Å². The average Bonchev–Trinajstić information content (AvgIpc) is 2.69. The Kier molecular flexibility index (Phi) is 5.83. The molecule has 0 unspecified atom stereocenters. The molecule has 0 spiro atoms. The molecule has 0 radical (unpaired) electrons. The first kappa shape index (κ1) is 20.7. The summed E-state index contributed by atoms with van der Waals surface area (Å²) in [5.41, 5.74) is 0.485. The molecule has 29 heavy (non-hydrogen) atoms. The van der Waals surface area contributed by atoms with Crippen molar-refractivity contribution in [3.8, 4) is 5.75 Å². The first-order valence-corrected chi connectivity index (χ1v) is 10.0. The molecule has 0 saturated carbocycles. The summed E-state index contributed by atoms with van der Waals surface area (Å²) in [6, 6.07) is 12.5. The maximum absolute atomic E-state index is 14.2. The van der Waals surface area contributed by atoms with Crippen molar-refractivity contribution in [1.29, 1.82) is 0 Å². The first-order chi connectivity index (χ1) is 13.7. The van der Waals surface area contributed by atoms with Gasteiger partial charge >= 0.3 is 0 Å². The molecule has 152 valence electrons. The van der Waals surface area contributed by atoms with Gasteiger partial charge in [0.05, 0.1) is 24.2 Å². The fourth-order valence-electron chi connectivity index (χ4n) is 2.73. The fraction of sp³-hybridized carbons (Fsp3) is 0.143. The van der Waals surface area contributed by atoms with Crippen LogP contribution in [0.2, 0.25) is 0 Å². The first-order valence-electron chi connectivity index (χ1n) is 8.59. The standard InChI is InChI=1S/C21H18F3NO3S/c1-14-3-10-19(12-20(14)23)29(26,27)25(17-6-8-18(28-2)9-7-17)13-15-4-5-16(22)11-21(15)24/h3-12H,13H2,1-2H3. The van der Waals surface area contributed by atoms with E-state index in [1.54, 1.807) is 12.1 Å². The van der Waals surface area contributed by atoms with Crippen LogP contribution in [0.3, 0.4) is 0 Å². The molecule has 0 amide bonds. The molecule has 0 aromatic heterocycles.